The van der Waals surface area contributed by atoms with Crippen LogP contribution in [0.4, 0.5) is 18.9 Å². The first-order valence-corrected chi connectivity index (χ1v) is 9.20. The Morgan fingerprint density at radius 3 is 2.48 bits per heavy atom. The first kappa shape index (κ1) is 20.8. The maximum atomic E-state index is 12.6. The number of carbonyl (C=O) groups excluding carboxylic acids is 1. The van der Waals surface area contributed by atoms with Crippen molar-refractivity contribution < 1.29 is 31.1 Å². The highest BCUT2D eigenvalue weighted by molar-refractivity contribution is 7.92. The summed E-state index contributed by atoms with van der Waals surface area (Å²) in [5, 5.41) is 1.46. The van der Waals surface area contributed by atoms with Gasteiger partial charge in [-0.1, -0.05) is 23.7 Å². The Labute approximate surface area is 158 Å². The highest BCUT2D eigenvalue weighted by Gasteiger charge is 2.28. The van der Waals surface area contributed by atoms with E-state index in [1.807, 2.05) is 0 Å². The van der Waals surface area contributed by atoms with Gasteiger partial charge in [-0.2, -0.15) is 13.2 Å². The number of benzene rings is 2. The maximum Gasteiger partial charge on any atom is 0.405 e. The number of sulfonamides is 1. The average Bonchev–Trinajstić information content (AvgIpc) is 2.59. The zero-order chi connectivity index (χ0) is 20.2. The molecule has 0 spiro atoms. The van der Waals surface area contributed by atoms with Crippen LogP contribution in [-0.4, -0.2) is 34.2 Å². The minimum Gasteiger partial charge on any atom is -0.495 e. The number of amides is 1. The van der Waals surface area contributed by atoms with Crippen LogP contribution in [-0.2, 0) is 10.0 Å². The van der Waals surface area contributed by atoms with Crippen molar-refractivity contribution in [2.24, 2.45) is 0 Å². The van der Waals surface area contributed by atoms with E-state index in [1.165, 1.54) is 19.2 Å². The number of alkyl halides is 3. The molecule has 2 N–H and O–H groups in total. The van der Waals surface area contributed by atoms with Crippen LogP contribution in [0.3, 0.4) is 0 Å². The quantitative estimate of drug-likeness (QED) is 0.746. The number of rotatable bonds is 6. The minimum atomic E-state index is -4.59. The second-order valence-corrected chi connectivity index (χ2v) is 7.31. The largest absolute Gasteiger partial charge is 0.495 e. The van der Waals surface area contributed by atoms with Crippen LogP contribution in [0.15, 0.2) is 47.4 Å². The third-order valence-corrected chi connectivity index (χ3v) is 5.13. The Bertz CT molecular complexity index is 949. The number of carbonyl (C=O) groups is 1. The summed E-state index contributed by atoms with van der Waals surface area (Å²) in [5.41, 5.74) is -0.160. The number of anilines is 1. The van der Waals surface area contributed by atoms with Crippen molar-refractivity contribution >= 4 is 33.2 Å². The average molecular weight is 423 g/mol. The van der Waals surface area contributed by atoms with E-state index in [9.17, 15) is 26.4 Å². The monoisotopic (exact) mass is 422 g/mol. The van der Waals surface area contributed by atoms with Gasteiger partial charge in [-0.25, -0.2) is 8.42 Å². The molecule has 2 rings (SSSR count). The van der Waals surface area contributed by atoms with E-state index < -0.39 is 33.5 Å². The molecule has 2 aromatic carbocycles. The summed E-state index contributed by atoms with van der Waals surface area (Å²) in [7, 11) is -2.89. The second kappa shape index (κ2) is 8.05. The van der Waals surface area contributed by atoms with Crippen molar-refractivity contribution in [3.63, 3.8) is 0 Å². The molecule has 0 radical (unpaired) electrons. The number of methoxy groups -OCH3 is 1. The van der Waals surface area contributed by atoms with Crippen LogP contribution in [0, 0.1) is 0 Å². The lowest BCUT2D eigenvalue weighted by Crippen LogP contribution is -2.33. The smallest absolute Gasteiger partial charge is 0.405 e. The number of ether oxygens (including phenoxy) is 1. The van der Waals surface area contributed by atoms with Crippen molar-refractivity contribution in [3.8, 4) is 5.75 Å². The molecule has 11 heteroatoms. The third kappa shape index (κ3) is 5.51. The van der Waals surface area contributed by atoms with Gasteiger partial charge >= 0.3 is 6.18 Å². The molecule has 0 unspecified atom stereocenters. The van der Waals surface area contributed by atoms with Gasteiger partial charge in [0.25, 0.3) is 15.9 Å². The standard InChI is InChI=1S/C16H14ClF3N2O4S/c1-26-13-5-3-2-4-12(13)22-27(24,25)14-8-10(6-7-11(14)17)15(23)21-9-16(18,19)20/h2-8,22H,9H2,1H3,(H,21,23). The minimum absolute atomic E-state index is 0.128. The molecule has 6 nitrogen and oxygen atoms in total. The SMILES string of the molecule is COc1ccccc1NS(=O)(=O)c1cc(C(=O)NCC(F)(F)F)ccc1Cl. The van der Waals surface area contributed by atoms with Crippen LogP contribution in [0.1, 0.15) is 10.4 Å². The Morgan fingerprint density at radius 1 is 1.19 bits per heavy atom. The molecule has 0 aliphatic rings. The first-order valence-electron chi connectivity index (χ1n) is 7.34. The fraction of sp³-hybridized carbons (Fsp3) is 0.188. The summed E-state index contributed by atoms with van der Waals surface area (Å²) in [5.74, 6) is -0.839. The molecule has 0 saturated carbocycles. The van der Waals surface area contributed by atoms with Crippen LogP contribution in [0.2, 0.25) is 5.02 Å². The number of hydrogen-bond donors (Lipinski definition) is 2. The summed E-state index contributed by atoms with van der Waals surface area (Å²) >= 11 is 5.91. The lowest BCUT2D eigenvalue weighted by Gasteiger charge is -2.14. The maximum absolute atomic E-state index is 12.6. The predicted molar refractivity (Wildman–Crippen MR) is 93.6 cm³/mol. The van der Waals surface area contributed by atoms with E-state index in [0.29, 0.717) is 0 Å². The molecule has 1 amide bonds. The Hall–Kier alpha value is -2.46. The number of nitrogens with one attached hydrogen (secondary N) is 2. The second-order valence-electron chi connectivity index (χ2n) is 5.25. The van der Waals surface area contributed by atoms with Crippen LogP contribution in [0.25, 0.3) is 0 Å². The fourth-order valence-electron chi connectivity index (χ4n) is 2.06. The molecule has 0 aliphatic carbocycles. The summed E-state index contributed by atoms with van der Waals surface area (Å²) in [6, 6.07) is 9.31. The molecule has 2 aromatic rings. The van der Waals surface area contributed by atoms with Gasteiger partial charge in [0, 0.05) is 5.56 Å². The summed E-state index contributed by atoms with van der Waals surface area (Å²) in [6.07, 6.45) is -4.59. The summed E-state index contributed by atoms with van der Waals surface area (Å²) < 4.78 is 69.2. The van der Waals surface area contributed by atoms with Crippen molar-refractivity contribution in [2.45, 2.75) is 11.1 Å². The van der Waals surface area contributed by atoms with Crippen molar-refractivity contribution in [3.05, 3.63) is 53.1 Å². The molecule has 146 valence electrons. The predicted octanol–water partition coefficient (Wildman–Crippen LogP) is 3.44. The van der Waals surface area contributed by atoms with Crippen molar-refractivity contribution in [1.82, 2.24) is 5.32 Å². The Kier molecular flexibility index (Phi) is 6.22. The summed E-state index contributed by atoms with van der Waals surface area (Å²) in [6.45, 7) is -1.55. The van der Waals surface area contributed by atoms with E-state index >= 15 is 0 Å². The number of para-hydroxylation sites is 2. The molecular weight excluding hydrogens is 409 g/mol. The van der Waals surface area contributed by atoms with E-state index in [-0.39, 0.29) is 22.0 Å². The van der Waals surface area contributed by atoms with Crippen LogP contribution in [0.5, 0.6) is 5.75 Å². The van der Waals surface area contributed by atoms with Crippen LogP contribution >= 0.6 is 11.6 Å². The van der Waals surface area contributed by atoms with Gasteiger partial charge in [0.05, 0.1) is 17.8 Å². The van der Waals surface area contributed by atoms with Crippen molar-refractivity contribution in [1.29, 1.82) is 0 Å². The molecule has 0 saturated heterocycles. The molecule has 27 heavy (non-hydrogen) atoms. The molecular formula is C16H14ClF3N2O4S. The number of hydrogen-bond acceptors (Lipinski definition) is 4. The highest BCUT2D eigenvalue weighted by atomic mass is 35.5. The number of halogens is 4. The molecule has 0 heterocycles. The molecule has 0 aliphatic heterocycles. The van der Waals surface area contributed by atoms with E-state index in [4.69, 9.17) is 16.3 Å². The molecule has 0 atom stereocenters. The topological polar surface area (TPSA) is 84.5 Å². The highest BCUT2D eigenvalue weighted by Crippen LogP contribution is 2.29. The van der Waals surface area contributed by atoms with Gasteiger partial charge in [0.15, 0.2) is 0 Å². The van der Waals surface area contributed by atoms with Crippen molar-refractivity contribution in [2.75, 3.05) is 18.4 Å². The zero-order valence-corrected chi connectivity index (χ0v) is 15.4. The zero-order valence-electron chi connectivity index (χ0n) is 13.8. The lowest BCUT2D eigenvalue weighted by atomic mass is 10.2. The van der Waals surface area contributed by atoms with Gasteiger partial charge in [0.1, 0.15) is 17.2 Å². The van der Waals surface area contributed by atoms with E-state index in [0.717, 1.165) is 18.2 Å². The molecule has 0 fully saturated rings. The van der Waals surface area contributed by atoms with Gasteiger partial charge in [-0.15, -0.1) is 0 Å². The molecule has 0 aromatic heterocycles. The fourth-order valence-corrected chi connectivity index (χ4v) is 3.66. The molecule has 0 bridgehead atoms. The van der Waals surface area contributed by atoms with Gasteiger partial charge in [0.2, 0.25) is 0 Å². The Morgan fingerprint density at radius 2 is 1.85 bits per heavy atom. The first-order chi connectivity index (χ1) is 12.5. The van der Waals surface area contributed by atoms with Crippen LogP contribution < -0.4 is 14.8 Å². The third-order valence-electron chi connectivity index (χ3n) is 3.28. The van der Waals surface area contributed by atoms with E-state index in [1.54, 1.807) is 17.4 Å². The van der Waals surface area contributed by atoms with E-state index in [2.05, 4.69) is 4.72 Å². The Balaban J connectivity index is 2.32. The normalized spacial score (nSPS) is 11.7. The van der Waals surface area contributed by atoms with Gasteiger partial charge < -0.3 is 10.1 Å². The van der Waals surface area contributed by atoms with Gasteiger partial charge in [-0.3, -0.25) is 9.52 Å². The summed E-state index contributed by atoms with van der Waals surface area (Å²) in [4.78, 5) is 11.4. The lowest BCUT2D eigenvalue weighted by molar-refractivity contribution is -0.123. The van der Waals surface area contributed by atoms with Gasteiger partial charge in [-0.05, 0) is 30.3 Å².